The maximum atomic E-state index is 2.57. The normalized spacial score (nSPS) is 15.4. The smallest absolute Gasteiger partial charge is 0.0726 e. The number of nitrogens with zero attached hydrogens (tertiary/aromatic N) is 1. The molecule has 0 amide bonds. The van der Waals surface area contributed by atoms with Gasteiger partial charge in [0.15, 0.2) is 0 Å². The molecule has 0 aliphatic heterocycles. The monoisotopic (exact) mass is 825 g/mol. The molecule has 0 saturated carbocycles. The van der Waals surface area contributed by atoms with E-state index >= 15 is 0 Å². The minimum atomic E-state index is -0.446. The molecule has 0 N–H and O–H groups in total. The van der Waals surface area contributed by atoms with Crippen LogP contribution in [0, 0.1) is 5.41 Å². The van der Waals surface area contributed by atoms with Gasteiger partial charge in [0.2, 0.25) is 0 Å². The first-order valence-corrected chi connectivity index (χ1v) is 22.9. The number of allylic oxidation sites excluding steroid dienone is 3. The number of rotatable bonds is 4. The fourth-order valence-corrected chi connectivity index (χ4v) is 12.4. The summed E-state index contributed by atoms with van der Waals surface area (Å²) in [4.78, 5) is 2.57. The summed E-state index contributed by atoms with van der Waals surface area (Å²) in [7, 11) is 0. The van der Waals surface area contributed by atoms with Crippen molar-refractivity contribution in [3.8, 4) is 33.4 Å². The van der Waals surface area contributed by atoms with Gasteiger partial charge in [0.1, 0.15) is 0 Å². The number of anilines is 2. The van der Waals surface area contributed by atoms with E-state index in [1.54, 1.807) is 0 Å². The van der Waals surface area contributed by atoms with Crippen molar-refractivity contribution in [2.24, 2.45) is 5.41 Å². The van der Waals surface area contributed by atoms with Crippen LogP contribution in [-0.2, 0) is 5.41 Å². The molecule has 1 nitrogen and oxygen atoms in total. The second kappa shape index (κ2) is 13.3. The Morgan fingerprint density at radius 2 is 0.923 bits per heavy atom. The second-order valence-corrected chi connectivity index (χ2v) is 18.8. The largest absolute Gasteiger partial charge is 0.309 e. The first-order chi connectivity index (χ1) is 32.0. The molecule has 1 heteroatoms. The Morgan fingerprint density at radius 1 is 0.415 bits per heavy atom. The van der Waals surface area contributed by atoms with Crippen molar-refractivity contribution < 1.29 is 0 Å². The summed E-state index contributed by atoms with van der Waals surface area (Å²) in [6.45, 7) is 4.77. The Bertz CT molecular complexity index is 3850. The molecule has 10 aromatic carbocycles. The quantitative estimate of drug-likeness (QED) is 0.160. The van der Waals surface area contributed by atoms with E-state index in [2.05, 4.69) is 243 Å². The topological polar surface area (TPSA) is 3.24 Å². The van der Waals surface area contributed by atoms with Crippen LogP contribution in [0.4, 0.5) is 11.4 Å². The van der Waals surface area contributed by atoms with Crippen molar-refractivity contribution in [1.82, 2.24) is 0 Å². The van der Waals surface area contributed by atoms with Crippen molar-refractivity contribution in [1.29, 1.82) is 0 Å². The van der Waals surface area contributed by atoms with Crippen LogP contribution in [0.2, 0.25) is 0 Å². The lowest BCUT2D eigenvalue weighted by atomic mass is 9.70. The minimum Gasteiger partial charge on any atom is -0.309 e. The molecule has 0 aromatic heterocycles. The van der Waals surface area contributed by atoms with Crippen LogP contribution in [0.15, 0.2) is 230 Å². The molecule has 0 saturated heterocycles. The van der Waals surface area contributed by atoms with Gasteiger partial charge in [-0.05, 0) is 141 Å². The molecular formula is C64H43N. The predicted molar refractivity (Wildman–Crippen MR) is 273 cm³/mol. The molecule has 0 fully saturated rings. The van der Waals surface area contributed by atoms with Crippen LogP contribution in [0.5, 0.6) is 0 Å². The van der Waals surface area contributed by atoms with E-state index in [0.29, 0.717) is 0 Å². The third-order valence-electron chi connectivity index (χ3n) is 15.0. The van der Waals surface area contributed by atoms with Crippen LogP contribution in [0.1, 0.15) is 36.1 Å². The molecule has 10 aromatic rings. The molecular weight excluding hydrogens is 783 g/mol. The molecule has 4 aliphatic carbocycles. The minimum absolute atomic E-state index is 0.212. The van der Waals surface area contributed by atoms with Crippen LogP contribution >= 0.6 is 0 Å². The Balaban J connectivity index is 1.08. The van der Waals surface area contributed by atoms with Crippen molar-refractivity contribution in [2.45, 2.75) is 19.3 Å². The summed E-state index contributed by atoms with van der Waals surface area (Å²) in [6, 6.07) is 77.3. The van der Waals surface area contributed by atoms with E-state index in [1.165, 1.54) is 121 Å². The van der Waals surface area contributed by atoms with Crippen LogP contribution in [0.25, 0.3) is 77.3 Å². The SMILES string of the molecule is CC1(C)C=CC(N(c2ccc(-c3ccccc3)cc2)c2cccc3c2-c2ccccc2C32c3ccccc3-c3ccccc32)=C2C=c3cc4c5ccccc5c5ccccc5c4cc3=C21. The first-order valence-electron chi connectivity index (χ1n) is 22.9. The number of benzene rings is 10. The van der Waals surface area contributed by atoms with E-state index < -0.39 is 5.41 Å². The van der Waals surface area contributed by atoms with Gasteiger partial charge in [0, 0.05) is 22.2 Å². The van der Waals surface area contributed by atoms with Gasteiger partial charge in [-0.15, -0.1) is 0 Å². The van der Waals surface area contributed by atoms with E-state index in [4.69, 9.17) is 0 Å². The highest BCUT2D eigenvalue weighted by atomic mass is 15.2. The van der Waals surface area contributed by atoms with Crippen molar-refractivity contribution in [2.75, 3.05) is 4.90 Å². The number of hydrogen-bond acceptors (Lipinski definition) is 1. The maximum absolute atomic E-state index is 2.57. The lowest BCUT2D eigenvalue weighted by Crippen LogP contribution is -2.29. The van der Waals surface area contributed by atoms with Gasteiger partial charge in [-0.3, -0.25) is 0 Å². The second-order valence-electron chi connectivity index (χ2n) is 18.8. The van der Waals surface area contributed by atoms with Gasteiger partial charge in [0.25, 0.3) is 0 Å². The summed E-state index contributed by atoms with van der Waals surface area (Å²) < 4.78 is 0. The van der Waals surface area contributed by atoms with Gasteiger partial charge >= 0.3 is 0 Å². The van der Waals surface area contributed by atoms with Crippen molar-refractivity contribution in [3.05, 3.63) is 262 Å². The average molecular weight is 826 g/mol. The predicted octanol–water partition coefficient (Wildman–Crippen LogP) is 14.8. The highest BCUT2D eigenvalue weighted by Crippen LogP contribution is 2.64. The lowest BCUT2D eigenvalue weighted by Gasteiger charge is -2.36. The summed E-state index contributed by atoms with van der Waals surface area (Å²) >= 11 is 0. The van der Waals surface area contributed by atoms with Gasteiger partial charge in [-0.1, -0.05) is 196 Å². The third kappa shape index (κ3) is 4.88. The molecule has 0 unspecified atom stereocenters. The van der Waals surface area contributed by atoms with E-state index in [1.807, 2.05) is 0 Å². The zero-order valence-electron chi connectivity index (χ0n) is 36.3. The zero-order valence-corrected chi connectivity index (χ0v) is 36.3. The molecule has 0 bridgehead atoms. The summed E-state index contributed by atoms with van der Waals surface area (Å²) in [5, 5.41) is 10.4. The highest BCUT2D eigenvalue weighted by molar-refractivity contribution is 6.25. The fourth-order valence-electron chi connectivity index (χ4n) is 12.4. The maximum Gasteiger partial charge on any atom is 0.0726 e. The number of hydrogen-bond donors (Lipinski definition) is 0. The van der Waals surface area contributed by atoms with E-state index in [-0.39, 0.29) is 5.41 Å². The zero-order chi connectivity index (χ0) is 43.0. The van der Waals surface area contributed by atoms with Gasteiger partial charge in [-0.2, -0.15) is 0 Å². The van der Waals surface area contributed by atoms with Crippen molar-refractivity contribution >= 4 is 55.3 Å². The molecule has 14 rings (SSSR count). The highest BCUT2D eigenvalue weighted by Gasteiger charge is 2.52. The molecule has 4 aliphatic rings. The Labute approximate surface area is 378 Å². The average Bonchev–Trinajstić information content (AvgIpc) is 4.00. The van der Waals surface area contributed by atoms with Crippen LogP contribution < -0.4 is 15.3 Å². The van der Waals surface area contributed by atoms with Gasteiger partial charge in [0.05, 0.1) is 16.8 Å². The summed E-state index contributed by atoms with van der Waals surface area (Å²) in [5.41, 5.74) is 18.5. The molecule has 0 heterocycles. The van der Waals surface area contributed by atoms with Crippen LogP contribution in [-0.4, -0.2) is 0 Å². The third-order valence-corrected chi connectivity index (χ3v) is 15.0. The molecule has 0 atom stereocenters. The van der Waals surface area contributed by atoms with Gasteiger partial charge in [-0.25, -0.2) is 0 Å². The standard InChI is InChI=1S/C64H43N/c1-63(2)36-35-59(54-38-42-37-52-46-21-8-6-19-44(46)45-20-7-9-22-47(45)53(52)39-51(42)62(54)63)65(43-33-31-41(32-34-43)40-17-4-3-5-18-40)60-30-16-29-58-61(60)50-25-12-15-28-57(50)64(58)55-26-13-10-23-48(55)49-24-11-14-27-56(49)64/h3-39H,1-2H3. The van der Waals surface area contributed by atoms with Crippen LogP contribution in [0.3, 0.4) is 0 Å². The van der Waals surface area contributed by atoms with E-state index in [0.717, 1.165) is 5.69 Å². The lowest BCUT2D eigenvalue weighted by molar-refractivity contribution is 0.641. The van der Waals surface area contributed by atoms with E-state index in [9.17, 15) is 0 Å². The van der Waals surface area contributed by atoms with Crippen molar-refractivity contribution in [3.63, 3.8) is 0 Å². The molecule has 1 spiro atoms. The molecule has 65 heavy (non-hydrogen) atoms. The fraction of sp³-hybridized carbons (Fsp3) is 0.0625. The Morgan fingerprint density at radius 3 is 1.57 bits per heavy atom. The first kappa shape index (κ1) is 36.5. The summed E-state index contributed by atoms with van der Waals surface area (Å²) in [5.74, 6) is 0. The Kier molecular flexibility index (Phi) is 7.45. The molecule has 304 valence electrons. The van der Waals surface area contributed by atoms with Gasteiger partial charge < -0.3 is 4.90 Å². The summed E-state index contributed by atoms with van der Waals surface area (Å²) in [6.07, 6.45) is 7.34. The Hall–Kier alpha value is -8.00. The number of fused-ring (bicyclic) bond motifs is 18. The molecule has 0 radical (unpaired) electrons.